The molecule has 1 N–H and O–H groups in total. The lowest BCUT2D eigenvalue weighted by Crippen LogP contribution is -2.46. The lowest BCUT2D eigenvalue weighted by atomic mass is 9.93. The normalized spacial score (nSPS) is 10.7. The molecule has 1 amide bonds. The van der Waals surface area contributed by atoms with E-state index in [1.54, 1.807) is 6.07 Å². The Hall–Kier alpha value is -1.95. The first-order chi connectivity index (χ1) is 8.98. The molecule has 0 saturated carbocycles. The Morgan fingerprint density at radius 1 is 1.37 bits per heavy atom. The summed E-state index contributed by atoms with van der Waals surface area (Å²) >= 11 is 0. The molecule has 0 bridgehead atoms. The number of carbonyl (C=O) groups is 1. The molecule has 0 aromatic heterocycles. The molecular formula is C16H22N2O. The molecule has 0 aliphatic rings. The van der Waals surface area contributed by atoms with Gasteiger partial charge in [0.05, 0.1) is 0 Å². The minimum Gasteiger partial charge on any atom is -0.378 e. The smallest absolute Gasteiger partial charge is 0.252 e. The van der Waals surface area contributed by atoms with Crippen molar-refractivity contribution >= 4 is 11.6 Å². The van der Waals surface area contributed by atoms with Crippen molar-refractivity contribution in [3.8, 4) is 12.3 Å². The Kier molecular flexibility index (Phi) is 5.00. The van der Waals surface area contributed by atoms with Crippen LogP contribution in [0, 0.1) is 12.3 Å². The maximum absolute atomic E-state index is 12.3. The standard InChI is InChI=1S/C16H22N2O/c1-6-16(7-2,8-3)17-15(19)13-10-9-11-14(12-13)18(4)5/h1,9-12H,7-8H2,2-5H3,(H,17,19). The van der Waals surface area contributed by atoms with Crippen molar-refractivity contribution in [1.82, 2.24) is 5.32 Å². The number of carbonyl (C=O) groups excluding carboxylic acids is 1. The van der Waals surface area contributed by atoms with Crippen LogP contribution in [0.3, 0.4) is 0 Å². The predicted octanol–water partition coefficient (Wildman–Crippen LogP) is 2.67. The zero-order chi connectivity index (χ0) is 14.5. The number of hydrogen-bond donors (Lipinski definition) is 1. The van der Waals surface area contributed by atoms with Crippen LogP contribution in [0.4, 0.5) is 5.69 Å². The van der Waals surface area contributed by atoms with Crippen LogP contribution in [0.15, 0.2) is 24.3 Å². The van der Waals surface area contributed by atoms with Gasteiger partial charge < -0.3 is 10.2 Å². The van der Waals surface area contributed by atoms with Crippen LogP contribution in [-0.2, 0) is 0 Å². The predicted molar refractivity (Wildman–Crippen MR) is 80.4 cm³/mol. The van der Waals surface area contributed by atoms with E-state index < -0.39 is 5.54 Å². The Labute approximate surface area is 116 Å². The SMILES string of the molecule is C#CC(CC)(CC)NC(=O)c1cccc(N(C)C)c1. The number of nitrogens with zero attached hydrogens (tertiary/aromatic N) is 1. The molecule has 0 unspecified atom stereocenters. The van der Waals surface area contributed by atoms with Crippen LogP contribution in [-0.4, -0.2) is 25.5 Å². The van der Waals surface area contributed by atoms with Crippen molar-refractivity contribution in [2.75, 3.05) is 19.0 Å². The van der Waals surface area contributed by atoms with Gasteiger partial charge in [0.25, 0.3) is 5.91 Å². The van der Waals surface area contributed by atoms with E-state index in [0.29, 0.717) is 5.56 Å². The number of terminal acetylenes is 1. The first-order valence-corrected chi connectivity index (χ1v) is 6.55. The lowest BCUT2D eigenvalue weighted by Gasteiger charge is -2.27. The van der Waals surface area contributed by atoms with Gasteiger partial charge in [-0.1, -0.05) is 25.8 Å². The van der Waals surface area contributed by atoms with Crippen molar-refractivity contribution in [3.63, 3.8) is 0 Å². The van der Waals surface area contributed by atoms with Gasteiger partial charge in [-0.2, -0.15) is 0 Å². The zero-order valence-electron chi connectivity index (χ0n) is 12.2. The minimum atomic E-state index is -0.550. The highest BCUT2D eigenvalue weighted by molar-refractivity contribution is 5.95. The molecule has 1 aromatic carbocycles. The summed E-state index contributed by atoms with van der Waals surface area (Å²) in [4.78, 5) is 14.2. The van der Waals surface area contributed by atoms with E-state index in [0.717, 1.165) is 18.5 Å². The molecule has 0 fully saturated rings. The van der Waals surface area contributed by atoms with Gasteiger partial charge in [-0.05, 0) is 31.0 Å². The molecule has 1 rings (SSSR count). The molecule has 0 aliphatic heterocycles. The fraction of sp³-hybridized carbons (Fsp3) is 0.438. The van der Waals surface area contributed by atoms with Gasteiger partial charge in [0.2, 0.25) is 0 Å². The molecule has 0 aliphatic carbocycles. The van der Waals surface area contributed by atoms with Gasteiger partial charge in [0.15, 0.2) is 0 Å². The minimum absolute atomic E-state index is 0.120. The summed E-state index contributed by atoms with van der Waals surface area (Å²) in [5, 5.41) is 2.97. The molecule has 0 atom stereocenters. The van der Waals surface area contributed by atoms with Crippen LogP contribution < -0.4 is 10.2 Å². The van der Waals surface area contributed by atoms with E-state index in [-0.39, 0.29) is 5.91 Å². The van der Waals surface area contributed by atoms with Gasteiger partial charge >= 0.3 is 0 Å². The van der Waals surface area contributed by atoms with Crippen LogP contribution in [0.2, 0.25) is 0 Å². The quantitative estimate of drug-likeness (QED) is 0.824. The number of benzene rings is 1. The number of nitrogens with one attached hydrogen (secondary N) is 1. The number of amides is 1. The first kappa shape index (κ1) is 15.1. The van der Waals surface area contributed by atoms with Crippen LogP contribution >= 0.6 is 0 Å². The van der Waals surface area contributed by atoms with Gasteiger partial charge in [-0.15, -0.1) is 6.42 Å². The molecule has 102 valence electrons. The molecule has 0 saturated heterocycles. The highest BCUT2D eigenvalue weighted by Gasteiger charge is 2.25. The molecule has 3 nitrogen and oxygen atoms in total. The van der Waals surface area contributed by atoms with Crippen molar-refractivity contribution in [3.05, 3.63) is 29.8 Å². The third-order valence-electron chi connectivity index (χ3n) is 3.46. The molecule has 19 heavy (non-hydrogen) atoms. The average Bonchev–Trinajstić information content (AvgIpc) is 2.45. The van der Waals surface area contributed by atoms with Crippen molar-refractivity contribution in [2.24, 2.45) is 0 Å². The molecular weight excluding hydrogens is 236 g/mol. The maximum Gasteiger partial charge on any atom is 0.252 e. The Balaban J connectivity index is 2.96. The van der Waals surface area contributed by atoms with E-state index in [2.05, 4.69) is 11.2 Å². The summed E-state index contributed by atoms with van der Waals surface area (Å²) in [6, 6.07) is 7.50. The molecule has 0 spiro atoms. The van der Waals surface area contributed by atoms with Gasteiger partial charge in [-0.25, -0.2) is 0 Å². The summed E-state index contributed by atoms with van der Waals surface area (Å²) in [7, 11) is 3.89. The van der Waals surface area contributed by atoms with E-state index in [1.807, 2.05) is 51.0 Å². The second-order valence-corrected chi connectivity index (χ2v) is 4.83. The Morgan fingerprint density at radius 2 is 2.00 bits per heavy atom. The Morgan fingerprint density at radius 3 is 2.47 bits per heavy atom. The van der Waals surface area contributed by atoms with E-state index in [9.17, 15) is 4.79 Å². The summed E-state index contributed by atoms with van der Waals surface area (Å²) in [6.45, 7) is 3.97. The molecule has 1 aromatic rings. The topological polar surface area (TPSA) is 32.3 Å². The lowest BCUT2D eigenvalue weighted by molar-refractivity contribution is 0.0916. The van der Waals surface area contributed by atoms with Crippen molar-refractivity contribution in [2.45, 2.75) is 32.2 Å². The largest absolute Gasteiger partial charge is 0.378 e. The van der Waals surface area contributed by atoms with E-state index >= 15 is 0 Å². The fourth-order valence-electron chi connectivity index (χ4n) is 1.88. The van der Waals surface area contributed by atoms with Crippen LogP contribution in [0.5, 0.6) is 0 Å². The third kappa shape index (κ3) is 3.51. The average molecular weight is 258 g/mol. The van der Waals surface area contributed by atoms with Gasteiger partial charge in [0, 0.05) is 25.3 Å². The maximum atomic E-state index is 12.3. The second kappa shape index (κ2) is 6.29. The third-order valence-corrected chi connectivity index (χ3v) is 3.46. The number of anilines is 1. The molecule has 0 heterocycles. The fourth-order valence-corrected chi connectivity index (χ4v) is 1.88. The van der Waals surface area contributed by atoms with Crippen LogP contribution in [0.25, 0.3) is 0 Å². The Bertz CT molecular complexity index is 482. The highest BCUT2D eigenvalue weighted by Crippen LogP contribution is 2.17. The molecule has 0 radical (unpaired) electrons. The summed E-state index contributed by atoms with van der Waals surface area (Å²) < 4.78 is 0. The first-order valence-electron chi connectivity index (χ1n) is 6.55. The van der Waals surface area contributed by atoms with Gasteiger partial charge in [0.1, 0.15) is 5.54 Å². The summed E-state index contributed by atoms with van der Waals surface area (Å²) in [5.74, 6) is 2.59. The van der Waals surface area contributed by atoms with Crippen molar-refractivity contribution < 1.29 is 4.79 Å². The van der Waals surface area contributed by atoms with E-state index in [4.69, 9.17) is 6.42 Å². The van der Waals surface area contributed by atoms with Gasteiger partial charge in [-0.3, -0.25) is 4.79 Å². The van der Waals surface area contributed by atoms with Crippen molar-refractivity contribution in [1.29, 1.82) is 0 Å². The number of hydrogen-bond acceptors (Lipinski definition) is 2. The summed E-state index contributed by atoms with van der Waals surface area (Å²) in [5.41, 5.74) is 1.07. The summed E-state index contributed by atoms with van der Waals surface area (Å²) in [6.07, 6.45) is 7.00. The monoisotopic (exact) mass is 258 g/mol. The molecule has 3 heteroatoms. The zero-order valence-corrected chi connectivity index (χ0v) is 12.2. The van der Waals surface area contributed by atoms with Crippen LogP contribution in [0.1, 0.15) is 37.0 Å². The highest BCUT2D eigenvalue weighted by atomic mass is 16.1. The van der Waals surface area contributed by atoms with E-state index in [1.165, 1.54) is 0 Å². The second-order valence-electron chi connectivity index (χ2n) is 4.83. The number of rotatable bonds is 5.